The molecule has 1 amide bonds. The molecule has 1 fully saturated rings. The van der Waals surface area contributed by atoms with Crippen molar-refractivity contribution in [1.29, 1.82) is 0 Å². The minimum atomic E-state index is -0.279. The Bertz CT molecular complexity index is 772. The Morgan fingerprint density at radius 3 is 2.88 bits per heavy atom. The summed E-state index contributed by atoms with van der Waals surface area (Å²) < 4.78 is 13.5. The maximum atomic E-state index is 13.5. The molecule has 0 bridgehead atoms. The first-order valence-electron chi connectivity index (χ1n) is 7.98. The fourth-order valence-electron chi connectivity index (χ4n) is 2.95. The van der Waals surface area contributed by atoms with Gasteiger partial charge in [-0.15, -0.1) is 0 Å². The van der Waals surface area contributed by atoms with Gasteiger partial charge in [-0.1, -0.05) is 41.4 Å². The first-order valence-corrected chi connectivity index (χ1v) is 8.74. The van der Waals surface area contributed by atoms with Gasteiger partial charge in [0.25, 0.3) is 0 Å². The van der Waals surface area contributed by atoms with Gasteiger partial charge in [-0.05, 0) is 29.8 Å². The summed E-state index contributed by atoms with van der Waals surface area (Å²) in [5.74, 6) is -0.467. The third-order valence-electron chi connectivity index (χ3n) is 4.16. The fraction of sp³-hybridized carbons (Fsp3) is 0.278. The summed E-state index contributed by atoms with van der Waals surface area (Å²) in [5, 5.41) is 6.79. The Kier molecular flexibility index (Phi) is 5.91. The molecular weight excluding hydrogens is 364 g/mol. The second-order valence-electron chi connectivity index (χ2n) is 5.89. The molecule has 1 unspecified atom stereocenters. The highest BCUT2D eigenvalue weighted by molar-refractivity contribution is 6.43. The zero-order valence-electron chi connectivity index (χ0n) is 13.4. The molecule has 0 saturated carbocycles. The van der Waals surface area contributed by atoms with Crippen LogP contribution < -0.4 is 10.6 Å². The van der Waals surface area contributed by atoms with Crippen LogP contribution >= 0.6 is 23.2 Å². The minimum Gasteiger partial charge on any atom is -0.324 e. The van der Waals surface area contributed by atoms with Crippen LogP contribution in [0.15, 0.2) is 42.5 Å². The van der Waals surface area contributed by atoms with Gasteiger partial charge in [0.1, 0.15) is 5.82 Å². The number of nitrogens with zero attached hydrogens (tertiary/aromatic N) is 1. The molecule has 1 atom stereocenters. The number of anilines is 1. The predicted molar refractivity (Wildman–Crippen MR) is 98.7 cm³/mol. The van der Waals surface area contributed by atoms with Crippen LogP contribution in [-0.4, -0.2) is 37.0 Å². The molecule has 7 heteroatoms. The molecule has 2 aromatic carbocycles. The van der Waals surface area contributed by atoms with Crippen LogP contribution in [0.3, 0.4) is 0 Å². The van der Waals surface area contributed by atoms with Gasteiger partial charge in [-0.3, -0.25) is 9.69 Å². The molecule has 132 valence electrons. The number of benzene rings is 2. The lowest BCUT2D eigenvalue weighted by atomic mass is 10.0. The number of amides is 1. The summed E-state index contributed by atoms with van der Waals surface area (Å²) in [5.41, 5.74) is 1.33. The van der Waals surface area contributed by atoms with Crippen molar-refractivity contribution in [3.63, 3.8) is 0 Å². The summed E-state index contributed by atoms with van der Waals surface area (Å²) in [6.45, 7) is 2.31. The van der Waals surface area contributed by atoms with E-state index < -0.39 is 0 Å². The Hall–Kier alpha value is -1.66. The Morgan fingerprint density at radius 1 is 1.28 bits per heavy atom. The van der Waals surface area contributed by atoms with Crippen molar-refractivity contribution in [3.8, 4) is 0 Å². The highest BCUT2D eigenvalue weighted by atomic mass is 35.5. The number of piperazine rings is 1. The Balaban J connectivity index is 1.71. The smallest absolute Gasteiger partial charge is 0.238 e. The second-order valence-corrected chi connectivity index (χ2v) is 6.68. The van der Waals surface area contributed by atoms with E-state index in [1.807, 2.05) is 11.0 Å². The van der Waals surface area contributed by atoms with E-state index in [9.17, 15) is 9.18 Å². The van der Waals surface area contributed by atoms with Crippen molar-refractivity contribution >= 4 is 34.8 Å². The molecule has 2 aromatic rings. The monoisotopic (exact) mass is 381 g/mol. The predicted octanol–water partition coefficient (Wildman–Crippen LogP) is 3.72. The summed E-state index contributed by atoms with van der Waals surface area (Å²) in [4.78, 5) is 14.5. The molecule has 0 aromatic heterocycles. The second kappa shape index (κ2) is 8.15. The third-order valence-corrected chi connectivity index (χ3v) is 4.98. The molecule has 1 aliphatic rings. The van der Waals surface area contributed by atoms with Crippen molar-refractivity contribution in [3.05, 3.63) is 63.9 Å². The third kappa shape index (κ3) is 4.50. The Labute approximate surface area is 155 Å². The summed E-state index contributed by atoms with van der Waals surface area (Å²) >= 11 is 12.1. The fourth-order valence-corrected chi connectivity index (χ4v) is 3.30. The number of nitrogens with one attached hydrogen (secondary N) is 2. The lowest BCUT2D eigenvalue weighted by Gasteiger charge is -2.36. The summed E-state index contributed by atoms with van der Waals surface area (Å²) in [7, 11) is 0. The van der Waals surface area contributed by atoms with Crippen LogP contribution in [0.1, 0.15) is 11.6 Å². The van der Waals surface area contributed by atoms with Gasteiger partial charge >= 0.3 is 0 Å². The quantitative estimate of drug-likeness (QED) is 0.847. The van der Waals surface area contributed by atoms with Crippen LogP contribution in [0.2, 0.25) is 10.0 Å². The van der Waals surface area contributed by atoms with Gasteiger partial charge in [-0.2, -0.15) is 0 Å². The van der Waals surface area contributed by atoms with Crippen LogP contribution in [0.5, 0.6) is 0 Å². The Morgan fingerprint density at radius 2 is 2.08 bits per heavy atom. The van der Waals surface area contributed by atoms with Crippen LogP contribution in [-0.2, 0) is 4.79 Å². The van der Waals surface area contributed by atoms with Gasteiger partial charge in [0, 0.05) is 25.7 Å². The summed E-state index contributed by atoms with van der Waals surface area (Å²) in [6.07, 6.45) is 0. The summed E-state index contributed by atoms with van der Waals surface area (Å²) in [6, 6.07) is 11.5. The molecule has 1 saturated heterocycles. The minimum absolute atomic E-state index is 0.0648. The zero-order valence-corrected chi connectivity index (χ0v) is 14.9. The molecule has 0 radical (unpaired) electrons. The van der Waals surface area contributed by atoms with Crippen molar-refractivity contribution in [1.82, 2.24) is 10.2 Å². The first kappa shape index (κ1) is 18.1. The number of rotatable bonds is 4. The molecule has 3 rings (SSSR count). The normalized spacial score (nSPS) is 18.1. The molecule has 4 nitrogen and oxygen atoms in total. The van der Waals surface area contributed by atoms with Gasteiger partial charge in [-0.25, -0.2) is 4.39 Å². The molecule has 25 heavy (non-hydrogen) atoms. The van der Waals surface area contributed by atoms with Crippen LogP contribution in [0.25, 0.3) is 0 Å². The van der Waals surface area contributed by atoms with Gasteiger partial charge in [0.05, 0.1) is 22.3 Å². The van der Waals surface area contributed by atoms with Crippen molar-refractivity contribution in [2.24, 2.45) is 0 Å². The molecule has 0 aliphatic carbocycles. The molecule has 2 N–H and O–H groups in total. The maximum Gasteiger partial charge on any atom is 0.238 e. The average molecular weight is 382 g/mol. The van der Waals surface area contributed by atoms with Gasteiger partial charge in [0.2, 0.25) is 5.91 Å². The standard InChI is InChI=1S/C18H18Cl2FN3O/c19-14-5-2-6-15(18(14)20)23-17(25)11-24-8-7-22-10-16(24)12-3-1-4-13(21)9-12/h1-6,9,16,22H,7-8,10-11H2,(H,23,25). The lowest BCUT2D eigenvalue weighted by Crippen LogP contribution is -2.48. The molecule has 0 spiro atoms. The topological polar surface area (TPSA) is 44.4 Å². The van der Waals surface area contributed by atoms with E-state index in [0.29, 0.717) is 28.8 Å². The highest BCUT2D eigenvalue weighted by Crippen LogP contribution is 2.29. The lowest BCUT2D eigenvalue weighted by molar-refractivity contribution is -0.118. The van der Waals surface area contributed by atoms with E-state index in [1.54, 1.807) is 24.3 Å². The van der Waals surface area contributed by atoms with E-state index in [4.69, 9.17) is 23.2 Å². The van der Waals surface area contributed by atoms with Crippen LogP contribution in [0.4, 0.5) is 10.1 Å². The average Bonchev–Trinajstić information content (AvgIpc) is 2.59. The molecule has 1 heterocycles. The van der Waals surface area contributed by atoms with E-state index in [-0.39, 0.29) is 24.3 Å². The highest BCUT2D eigenvalue weighted by Gasteiger charge is 2.26. The van der Waals surface area contributed by atoms with Crippen LogP contribution in [0, 0.1) is 5.82 Å². The van der Waals surface area contributed by atoms with Crippen molar-refractivity contribution in [2.45, 2.75) is 6.04 Å². The largest absolute Gasteiger partial charge is 0.324 e. The SMILES string of the molecule is O=C(CN1CCNCC1c1cccc(F)c1)Nc1cccc(Cl)c1Cl. The maximum absolute atomic E-state index is 13.5. The number of carbonyl (C=O) groups is 1. The van der Waals surface area contributed by atoms with Gasteiger partial charge in [0.15, 0.2) is 0 Å². The zero-order chi connectivity index (χ0) is 17.8. The first-order chi connectivity index (χ1) is 12.0. The van der Waals surface area contributed by atoms with Crippen molar-refractivity contribution in [2.75, 3.05) is 31.5 Å². The number of halogens is 3. The molecular formula is C18H18Cl2FN3O. The van der Waals surface area contributed by atoms with Gasteiger partial charge < -0.3 is 10.6 Å². The van der Waals surface area contributed by atoms with E-state index >= 15 is 0 Å². The van der Waals surface area contributed by atoms with E-state index in [2.05, 4.69) is 10.6 Å². The number of hydrogen-bond donors (Lipinski definition) is 2. The number of hydrogen-bond acceptors (Lipinski definition) is 3. The molecule has 1 aliphatic heterocycles. The number of carbonyl (C=O) groups excluding carboxylic acids is 1. The van der Waals surface area contributed by atoms with Crippen molar-refractivity contribution < 1.29 is 9.18 Å². The van der Waals surface area contributed by atoms with E-state index in [1.165, 1.54) is 12.1 Å². The van der Waals surface area contributed by atoms with E-state index in [0.717, 1.165) is 12.1 Å².